The lowest BCUT2D eigenvalue weighted by atomic mass is 10.1. The van der Waals surface area contributed by atoms with Crippen molar-refractivity contribution in [2.24, 2.45) is 4.99 Å². The molecule has 1 N–H and O–H groups in total. The van der Waals surface area contributed by atoms with Crippen LogP contribution in [0.5, 0.6) is 11.5 Å². The molecular weight excluding hydrogens is 318 g/mol. The summed E-state index contributed by atoms with van der Waals surface area (Å²) in [5.41, 5.74) is 0.638. The molecule has 0 bridgehead atoms. The van der Waals surface area contributed by atoms with E-state index in [0.717, 1.165) is 0 Å². The van der Waals surface area contributed by atoms with Gasteiger partial charge in [0, 0.05) is 19.7 Å². The molecule has 0 spiro atoms. The van der Waals surface area contributed by atoms with E-state index in [2.05, 4.69) is 10.3 Å². The molecule has 1 aromatic rings. The lowest BCUT2D eigenvalue weighted by Gasteiger charge is -2.48. The molecule has 0 amide bonds. The summed E-state index contributed by atoms with van der Waals surface area (Å²) in [5, 5.41) is 3.03. The molecule has 126 valence electrons. The van der Waals surface area contributed by atoms with Crippen LogP contribution < -0.4 is 19.7 Å². The van der Waals surface area contributed by atoms with Gasteiger partial charge in [-0.1, -0.05) is 0 Å². The molecule has 2 unspecified atom stereocenters. The van der Waals surface area contributed by atoms with Gasteiger partial charge in [-0.05, 0) is 12.1 Å². The Morgan fingerprint density at radius 2 is 2.17 bits per heavy atom. The summed E-state index contributed by atoms with van der Waals surface area (Å²) in [7, 11) is 3.26. The number of benzene rings is 1. The highest BCUT2D eigenvalue weighted by atomic mass is 16.8. The van der Waals surface area contributed by atoms with Gasteiger partial charge in [0.1, 0.15) is 11.5 Å². The van der Waals surface area contributed by atoms with Crippen LogP contribution in [-0.2, 0) is 19.1 Å². The van der Waals surface area contributed by atoms with E-state index in [0.29, 0.717) is 36.1 Å². The van der Waals surface area contributed by atoms with Crippen molar-refractivity contribution >= 4 is 23.5 Å². The van der Waals surface area contributed by atoms with Crippen molar-refractivity contribution in [3.8, 4) is 11.5 Å². The smallest absolute Gasteiger partial charge is 0.421 e. The van der Waals surface area contributed by atoms with Crippen LogP contribution in [0.25, 0.3) is 0 Å². The van der Waals surface area contributed by atoms with Crippen molar-refractivity contribution in [1.29, 1.82) is 0 Å². The second-order valence-corrected chi connectivity index (χ2v) is 5.52. The summed E-state index contributed by atoms with van der Waals surface area (Å²) in [6.45, 7) is 1.09. The zero-order valence-electron chi connectivity index (χ0n) is 13.1. The number of aliphatic imine (C=N–C) groups is 1. The topological polar surface area (TPSA) is 98.7 Å². The predicted octanol–water partition coefficient (Wildman–Crippen LogP) is -0.352. The monoisotopic (exact) mass is 333 g/mol. The summed E-state index contributed by atoms with van der Waals surface area (Å²) >= 11 is 0. The minimum atomic E-state index is -1.65. The molecule has 2 atom stereocenters. The number of esters is 2. The first-order valence-corrected chi connectivity index (χ1v) is 7.38. The van der Waals surface area contributed by atoms with Gasteiger partial charge in [0.2, 0.25) is 0 Å². The third-order valence-corrected chi connectivity index (χ3v) is 4.12. The fourth-order valence-corrected chi connectivity index (χ4v) is 2.98. The number of amidine groups is 1. The van der Waals surface area contributed by atoms with E-state index >= 15 is 0 Å². The Kier molecular flexibility index (Phi) is 3.05. The Bertz CT molecular complexity index is 764. The Hall–Kier alpha value is -2.97. The van der Waals surface area contributed by atoms with Gasteiger partial charge in [-0.25, -0.2) is 9.59 Å². The number of nitrogens with zero attached hydrogens (tertiary/aromatic N) is 2. The van der Waals surface area contributed by atoms with Crippen LogP contribution in [0.4, 0.5) is 5.69 Å². The third-order valence-electron chi connectivity index (χ3n) is 4.12. The molecule has 24 heavy (non-hydrogen) atoms. The standard InChI is InChI=1S/C15H15N3O6/c1-18-9-7-8(21-2)3-4-10(9)23-15(13-16-5-6-17-13)14(18)22-11(19)12(20)24-15/h3-4,7,14H,5-6H2,1-2H3,(H,16,17). The Morgan fingerprint density at radius 1 is 1.33 bits per heavy atom. The van der Waals surface area contributed by atoms with Crippen molar-refractivity contribution in [2.45, 2.75) is 12.0 Å². The van der Waals surface area contributed by atoms with Crippen molar-refractivity contribution in [2.75, 3.05) is 32.1 Å². The van der Waals surface area contributed by atoms with E-state index in [9.17, 15) is 9.59 Å². The minimum absolute atomic E-state index is 0.321. The van der Waals surface area contributed by atoms with Gasteiger partial charge >= 0.3 is 17.7 Å². The maximum atomic E-state index is 11.8. The number of methoxy groups -OCH3 is 1. The number of anilines is 1. The number of nitrogens with one attached hydrogen (secondary N) is 1. The Balaban J connectivity index is 1.85. The second kappa shape index (κ2) is 5.02. The molecule has 9 nitrogen and oxygen atoms in total. The molecule has 3 aliphatic heterocycles. The predicted molar refractivity (Wildman–Crippen MR) is 81.0 cm³/mol. The van der Waals surface area contributed by atoms with Gasteiger partial charge in [-0.15, -0.1) is 0 Å². The molecule has 0 aliphatic carbocycles. The molecule has 4 rings (SSSR count). The minimum Gasteiger partial charge on any atom is -0.497 e. The maximum Gasteiger partial charge on any atom is 0.421 e. The van der Waals surface area contributed by atoms with Crippen LogP contribution in [0, 0.1) is 0 Å². The lowest BCUT2D eigenvalue weighted by Crippen LogP contribution is -2.71. The fraction of sp³-hybridized carbons (Fsp3) is 0.400. The van der Waals surface area contributed by atoms with Crippen LogP contribution in [0.1, 0.15) is 0 Å². The van der Waals surface area contributed by atoms with Crippen molar-refractivity contribution in [3.63, 3.8) is 0 Å². The van der Waals surface area contributed by atoms with Gasteiger partial charge < -0.3 is 29.2 Å². The third kappa shape index (κ3) is 1.90. The van der Waals surface area contributed by atoms with Crippen LogP contribution in [0.15, 0.2) is 23.2 Å². The number of fused-ring (bicyclic) bond motifs is 2. The highest BCUT2D eigenvalue weighted by molar-refractivity contribution is 6.31. The molecule has 0 saturated carbocycles. The number of carbonyl (C=O) groups is 2. The highest BCUT2D eigenvalue weighted by Gasteiger charge is 2.62. The Labute approximate surface area is 137 Å². The molecule has 1 aromatic carbocycles. The fourth-order valence-electron chi connectivity index (χ4n) is 2.98. The Morgan fingerprint density at radius 3 is 2.88 bits per heavy atom. The van der Waals surface area contributed by atoms with Crippen LogP contribution in [-0.4, -0.2) is 57.0 Å². The first-order valence-electron chi connectivity index (χ1n) is 7.38. The molecule has 9 heteroatoms. The van der Waals surface area contributed by atoms with E-state index in [1.807, 2.05) is 0 Å². The average Bonchev–Trinajstić information content (AvgIpc) is 3.12. The van der Waals surface area contributed by atoms with Gasteiger partial charge in [0.05, 0.1) is 19.3 Å². The normalized spacial score (nSPS) is 27.8. The van der Waals surface area contributed by atoms with E-state index in [1.54, 1.807) is 37.3 Å². The maximum absolute atomic E-state index is 11.8. The van der Waals surface area contributed by atoms with Crippen molar-refractivity contribution < 1.29 is 28.5 Å². The van der Waals surface area contributed by atoms with E-state index in [4.69, 9.17) is 18.9 Å². The molecule has 0 radical (unpaired) electrons. The zero-order valence-corrected chi connectivity index (χ0v) is 13.1. The van der Waals surface area contributed by atoms with Gasteiger partial charge in [-0.3, -0.25) is 4.99 Å². The number of ether oxygens (including phenoxy) is 4. The quantitative estimate of drug-likeness (QED) is 0.579. The number of likely N-dealkylation sites (N-methyl/N-ethyl adjacent to an activating group) is 1. The van der Waals surface area contributed by atoms with E-state index < -0.39 is 24.0 Å². The van der Waals surface area contributed by atoms with Gasteiger partial charge in [-0.2, -0.15) is 0 Å². The number of hydrogen-bond donors (Lipinski definition) is 1. The molecule has 1 saturated heterocycles. The summed E-state index contributed by atoms with van der Waals surface area (Å²) in [6, 6.07) is 5.16. The van der Waals surface area contributed by atoms with Crippen LogP contribution in [0.3, 0.4) is 0 Å². The van der Waals surface area contributed by atoms with Crippen molar-refractivity contribution in [3.05, 3.63) is 18.2 Å². The SMILES string of the molecule is COc1ccc2c(c1)N(C)C1OC(=O)C(=O)OC1(C1=NCCN1)O2. The molecule has 3 aliphatic rings. The molecule has 3 heterocycles. The largest absolute Gasteiger partial charge is 0.497 e. The number of rotatable bonds is 2. The first kappa shape index (κ1) is 14.6. The average molecular weight is 333 g/mol. The summed E-state index contributed by atoms with van der Waals surface area (Å²) in [5.74, 6) is -2.45. The summed E-state index contributed by atoms with van der Waals surface area (Å²) in [4.78, 5) is 29.5. The van der Waals surface area contributed by atoms with E-state index in [1.165, 1.54) is 0 Å². The highest BCUT2D eigenvalue weighted by Crippen LogP contribution is 2.44. The van der Waals surface area contributed by atoms with E-state index in [-0.39, 0.29) is 0 Å². The van der Waals surface area contributed by atoms with Crippen LogP contribution >= 0.6 is 0 Å². The number of hydrogen-bond acceptors (Lipinski definition) is 9. The second-order valence-electron chi connectivity index (χ2n) is 5.52. The lowest BCUT2D eigenvalue weighted by molar-refractivity contribution is -0.240. The van der Waals surface area contributed by atoms with Crippen molar-refractivity contribution in [1.82, 2.24) is 5.32 Å². The van der Waals surface area contributed by atoms with Gasteiger partial charge in [0.15, 0.2) is 5.84 Å². The molecular formula is C15H15N3O6. The number of carbonyl (C=O) groups excluding carboxylic acids is 2. The van der Waals surface area contributed by atoms with Gasteiger partial charge in [0.25, 0.3) is 6.23 Å². The summed E-state index contributed by atoms with van der Waals surface area (Å²) < 4.78 is 21.8. The summed E-state index contributed by atoms with van der Waals surface area (Å²) in [6.07, 6.45) is -1.01. The first-order chi connectivity index (χ1) is 11.5. The molecule has 0 aromatic heterocycles. The zero-order chi connectivity index (χ0) is 16.9. The molecule has 1 fully saturated rings. The van der Waals surface area contributed by atoms with Crippen LogP contribution in [0.2, 0.25) is 0 Å².